The minimum atomic E-state index is -0.497. The van der Waals surface area contributed by atoms with Gasteiger partial charge in [0, 0.05) is 24.3 Å². The molecule has 2 rings (SSSR count). The molecule has 1 aromatic carbocycles. The van der Waals surface area contributed by atoms with Crippen molar-refractivity contribution in [2.24, 2.45) is 0 Å². The summed E-state index contributed by atoms with van der Waals surface area (Å²) in [5.41, 5.74) is 0.666. The van der Waals surface area contributed by atoms with Gasteiger partial charge in [-0.05, 0) is 38.3 Å². The molecule has 1 atom stereocenters. The zero-order valence-electron chi connectivity index (χ0n) is 8.84. The molecule has 3 heteroatoms. The van der Waals surface area contributed by atoms with Crippen molar-refractivity contribution < 1.29 is 8.78 Å². The summed E-state index contributed by atoms with van der Waals surface area (Å²) in [7, 11) is 0. The van der Waals surface area contributed by atoms with E-state index in [1.165, 1.54) is 18.6 Å². The van der Waals surface area contributed by atoms with E-state index in [9.17, 15) is 8.78 Å². The average molecular weight is 211 g/mol. The number of hydrogen-bond donors (Lipinski definition) is 0. The van der Waals surface area contributed by atoms with Crippen molar-refractivity contribution in [3.8, 4) is 0 Å². The lowest BCUT2D eigenvalue weighted by Crippen LogP contribution is -2.37. The predicted molar refractivity (Wildman–Crippen MR) is 57.0 cm³/mol. The van der Waals surface area contributed by atoms with E-state index < -0.39 is 11.6 Å². The molecule has 1 heterocycles. The second-order valence-electron chi connectivity index (χ2n) is 4.17. The van der Waals surface area contributed by atoms with Crippen LogP contribution in [0, 0.1) is 11.6 Å². The summed E-state index contributed by atoms with van der Waals surface area (Å²) in [6.45, 7) is 2.99. The summed E-state index contributed by atoms with van der Waals surface area (Å²) < 4.78 is 26.1. The van der Waals surface area contributed by atoms with Gasteiger partial charge >= 0.3 is 0 Å². The first-order valence-corrected chi connectivity index (χ1v) is 5.39. The van der Waals surface area contributed by atoms with E-state index in [-0.39, 0.29) is 0 Å². The summed E-state index contributed by atoms with van der Waals surface area (Å²) >= 11 is 0. The van der Waals surface area contributed by atoms with E-state index in [0.29, 0.717) is 11.7 Å². The molecule has 0 aliphatic carbocycles. The third-order valence-corrected chi connectivity index (χ3v) is 2.98. The monoisotopic (exact) mass is 211 g/mol. The first kappa shape index (κ1) is 10.4. The Morgan fingerprint density at radius 1 is 1.13 bits per heavy atom. The summed E-state index contributed by atoms with van der Waals surface area (Å²) in [6, 6.07) is 4.11. The van der Waals surface area contributed by atoms with Crippen LogP contribution in [-0.2, 0) is 0 Å². The number of rotatable bonds is 1. The molecule has 1 aliphatic rings. The Balaban J connectivity index is 2.27. The Kier molecular flexibility index (Phi) is 2.89. The maximum atomic E-state index is 13.0. The lowest BCUT2D eigenvalue weighted by Gasteiger charge is -2.35. The van der Waals surface area contributed by atoms with Crippen molar-refractivity contribution in [2.75, 3.05) is 11.4 Å². The van der Waals surface area contributed by atoms with Gasteiger partial charge < -0.3 is 4.90 Å². The second kappa shape index (κ2) is 4.17. The van der Waals surface area contributed by atoms with Crippen LogP contribution in [0.25, 0.3) is 0 Å². The van der Waals surface area contributed by atoms with Crippen molar-refractivity contribution in [3.05, 3.63) is 29.8 Å². The Morgan fingerprint density at radius 2 is 1.80 bits per heavy atom. The van der Waals surface area contributed by atoms with Crippen LogP contribution in [-0.4, -0.2) is 12.6 Å². The topological polar surface area (TPSA) is 3.24 Å². The van der Waals surface area contributed by atoms with Gasteiger partial charge in [-0.25, -0.2) is 8.78 Å². The van der Waals surface area contributed by atoms with Gasteiger partial charge in [-0.3, -0.25) is 0 Å². The normalized spacial score (nSPS) is 21.8. The molecule has 0 amide bonds. The van der Waals surface area contributed by atoms with Crippen LogP contribution in [0.3, 0.4) is 0 Å². The van der Waals surface area contributed by atoms with Crippen molar-refractivity contribution in [2.45, 2.75) is 32.2 Å². The minimum Gasteiger partial charge on any atom is -0.369 e. The van der Waals surface area contributed by atoms with Crippen LogP contribution in [0.15, 0.2) is 18.2 Å². The summed E-state index contributed by atoms with van der Waals surface area (Å²) in [5.74, 6) is -0.995. The van der Waals surface area contributed by atoms with Gasteiger partial charge in [-0.1, -0.05) is 0 Å². The Bertz CT molecular complexity index is 331. The molecule has 1 nitrogen and oxygen atoms in total. The summed E-state index contributed by atoms with van der Waals surface area (Å²) in [6.07, 6.45) is 3.40. The molecular formula is C12H15F2N. The fraction of sp³-hybridized carbons (Fsp3) is 0.500. The Hall–Kier alpha value is -1.12. The van der Waals surface area contributed by atoms with Gasteiger partial charge in [-0.2, -0.15) is 0 Å². The number of halogens is 2. The van der Waals surface area contributed by atoms with Crippen LogP contribution < -0.4 is 4.90 Å². The first-order chi connectivity index (χ1) is 7.16. The highest BCUT2D eigenvalue weighted by Gasteiger charge is 2.19. The summed E-state index contributed by atoms with van der Waals surface area (Å²) in [4.78, 5) is 2.08. The van der Waals surface area contributed by atoms with E-state index in [1.54, 1.807) is 0 Å². The third kappa shape index (κ3) is 2.28. The van der Waals surface area contributed by atoms with Crippen LogP contribution in [0.4, 0.5) is 14.5 Å². The maximum absolute atomic E-state index is 13.0. The lowest BCUT2D eigenvalue weighted by molar-refractivity contribution is 0.482. The molecular weight excluding hydrogens is 196 g/mol. The molecule has 0 radical (unpaired) electrons. The number of anilines is 1. The molecule has 0 aromatic heterocycles. The molecule has 1 saturated heterocycles. The number of piperidine rings is 1. The van der Waals surface area contributed by atoms with Crippen LogP contribution in [0.1, 0.15) is 26.2 Å². The van der Waals surface area contributed by atoms with Gasteiger partial charge in [0.1, 0.15) is 11.6 Å². The standard InChI is InChI=1S/C12H15F2N/c1-9-4-2-3-5-15(9)12-7-10(13)6-11(14)8-12/h6-9H,2-5H2,1H3. The lowest BCUT2D eigenvalue weighted by atomic mass is 10.0. The molecule has 1 unspecified atom stereocenters. The van der Waals surface area contributed by atoms with Crippen molar-refractivity contribution in [3.63, 3.8) is 0 Å². The van der Waals surface area contributed by atoms with E-state index in [2.05, 4.69) is 11.8 Å². The molecule has 1 fully saturated rings. The zero-order valence-corrected chi connectivity index (χ0v) is 8.84. The largest absolute Gasteiger partial charge is 0.369 e. The molecule has 15 heavy (non-hydrogen) atoms. The average Bonchev–Trinajstić information content (AvgIpc) is 2.16. The van der Waals surface area contributed by atoms with Crippen LogP contribution in [0.2, 0.25) is 0 Å². The van der Waals surface area contributed by atoms with Crippen molar-refractivity contribution in [1.29, 1.82) is 0 Å². The molecule has 0 N–H and O–H groups in total. The van der Waals surface area contributed by atoms with Gasteiger partial charge in [0.05, 0.1) is 0 Å². The highest BCUT2D eigenvalue weighted by molar-refractivity contribution is 5.48. The van der Waals surface area contributed by atoms with E-state index in [4.69, 9.17) is 0 Å². The van der Waals surface area contributed by atoms with Crippen molar-refractivity contribution >= 4 is 5.69 Å². The molecule has 0 saturated carbocycles. The van der Waals surface area contributed by atoms with E-state index in [0.717, 1.165) is 25.5 Å². The quantitative estimate of drug-likeness (QED) is 0.688. The van der Waals surface area contributed by atoms with Gasteiger partial charge in [-0.15, -0.1) is 0 Å². The molecule has 1 aliphatic heterocycles. The zero-order chi connectivity index (χ0) is 10.8. The smallest absolute Gasteiger partial charge is 0.128 e. The first-order valence-electron chi connectivity index (χ1n) is 5.39. The molecule has 0 bridgehead atoms. The number of benzene rings is 1. The predicted octanol–water partition coefficient (Wildman–Crippen LogP) is 3.34. The highest BCUT2D eigenvalue weighted by Crippen LogP contribution is 2.25. The molecule has 0 spiro atoms. The van der Waals surface area contributed by atoms with Gasteiger partial charge in [0.2, 0.25) is 0 Å². The highest BCUT2D eigenvalue weighted by atomic mass is 19.1. The fourth-order valence-corrected chi connectivity index (χ4v) is 2.19. The van der Waals surface area contributed by atoms with Gasteiger partial charge in [0.25, 0.3) is 0 Å². The summed E-state index contributed by atoms with van der Waals surface area (Å²) in [5, 5.41) is 0. The molecule has 1 aromatic rings. The Labute approximate surface area is 88.7 Å². The van der Waals surface area contributed by atoms with E-state index >= 15 is 0 Å². The number of nitrogens with zero attached hydrogens (tertiary/aromatic N) is 1. The van der Waals surface area contributed by atoms with Crippen molar-refractivity contribution in [1.82, 2.24) is 0 Å². The Morgan fingerprint density at radius 3 is 2.40 bits per heavy atom. The maximum Gasteiger partial charge on any atom is 0.128 e. The SMILES string of the molecule is CC1CCCCN1c1cc(F)cc(F)c1. The van der Waals surface area contributed by atoms with Gasteiger partial charge in [0.15, 0.2) is 0 Å². The van der Waals surface area contributed by atoms with Crippen LogP contribution in [0.5, 0.6) is 0 Å². The molecule has 82 valence electrons. The minimum absolute atomic E-state index is 0.375. The second-order valence-corrected chi connectivity index (χ2v) is 4.17. The number of hydrogen-bond acceptors (Lipinski definition) is 1. The van der Waals surface area contributed by atoms with E-state index in [1.807, 2.05) is 0 Å². The van der Waals surface area contributed by atoms with Crippen LogP contribution >= 0.6 is 0 Å². The third-order valence-electron chi connectivity index (χ3n) is 2.98. The fourth-order valence-electron chi connectivity index (χ4n) is 2.19.